The monoisotopic (exact) mass is 683 g/mol. The number of aliphatic hydroxyl groups is 1. The number of primary amides is 1. The Labute approximate surface area is 281 Å². The molecule has 0 aliphatic carbocycles. The van der Waals surface area contributed by atoms with Crippen LogP contribution in [0.25, 0.3) is 0 Å². The molecule has 0 bridgehead atoms. The minimum Gasteiger partial charge on any atom is -0.391 e. The van der Waals surface area contributed by atoms with Crippen molar-refractivity contribution in [1.29, 1.82) is 0 Å². The molecule has 0 spiro atoms. The van der Waals surface area contributed by atoms with Gasteiger partial charge in [0.25, 0.3) is 0 Å². The highest BCUT2D eigenvalue weighted by Gasteiger charge is 2.58. The van der Waals surface area contributed by atoms with Gasteiger partial charge in [-0.05, 0) is 42.9 Å². The van der Waals surface area contributed by atoms with Gasteiger partial charge in [0.15, 0.2) is 0 Å². The molecule has 3 N–H and O–H groups in total. The minimum atomic E-state index is -4.13. The molecule has 11 nitrogen and oxygen atoms in total. The van der Waals surface area contributed by atoms with Crippen LogP contribution in [0.15, 0.2) is 64.9 Å². The molecular weight excluding hydrogens is 639 g/mol. The standard InChI is InChI=1S/C34H45N5O6S2/c1-23(2)18-38(47(44,45)29-13-11-27(21-40)12-14-29)20-31(41)30(17-26-9-7-6-8-10-26)34(24(3)4,32(35)42)39-16-15-37(33(39)43)19-28-22-46-25(5)36-28/h6-14,21-24,30-31,41H,15-20H2,1-5H3,(H2,35,42)/t30-,31+,34?/m1/s1. The normalized spacial score (nSPS) is 16.6. The van der Waals surface area contributed by atoms with E-state index in [9.17, 15) is 27.9 Å². The van der Waals surface area contributed by atoms with Gasteiger partial charge in [0.1, 0.15) is 11.8 Å². The van der Waals surface area contributed by atoms with Gasteiger partial charge in [0, 0.05) is 43.0 Å². The molecule has 2 heterocycles. The summed E-state index contributed by atoms with van der Waals surface area (Å²) in [4.78, 5) is 46.8. The Hall–Kier alpha value is -3.65. The molecule has 1 aliphatic heterocycles. The summed E-state index contributed by atoms with van der Waals surface area (Å²) in [5.41, 5.74) is 6.50. The number of rotatable bonds is 16. The van der Waals surface area contributed by atoms with Crippen LogP contribution in [0.4, 0.5) is 4.79 Å². The molecule has 2 aromatic carbocycles. The zero-order valence-electron chi connectivity index (χ0n) is 27.6. The first kappa shape index (κ1) is 36.2. The number of amides is 3. The van der Waals surface area contributed by atoms with Crippen molar-refractivity contribution in [3.05, 3.63) is 81.8 Å². The zero-order chi connectivity index (χ0) is 34.5. The third kappa shape index (κ3) is 7.75. The second-order valence-corrected chi connectivity index (χ2v) is 15.8. The third-order valence-corrected chi connectivity index (χ3v) is 11.4. The number of nitrogens with zero attached hydrogens (tertiary/aromatic N) is 4. The summed E-state index contributed by atoms with van der Waals surface area (Å²) in [5.74, 6) is -2.39. The molecule has 1 unspecified atom stereocenters. The lowest BCUT2D eigenvalue weighted by atomic mass is 9.68. The highest BCUT2D eigenvalue weighted by molar-refractivity contribution is 7.89. The molecule has 47 heavy (non-hydrogen) atoms. The molecule has 1 fully saturated rings. The maximum atomic E-state index is 14.1. The van der Waals surface area contributed by atoms with Crippen LogP contribution in [0.5, 0.6) is 0 Å². The Morgan fingerprint density at radius 1 is 1.09 bits per heavy atom. The molecule has 0 radical (unpaired) electrons. The van der Waals surface area contributed by atoms with Crippen molar-refractivity contribution in [3.8, 4) is 0 Å². The van der Waals surface area contributed by atoms with E-state index in [1.165, 1.54) is 44.8 Å². The smallest absolute Gasteiger partial charge is 0.321 e. The van der Waals surface area contributed by atoms with Gasteiger partial charge in [0.2, 0.25) is 15.9 Å². The summed E-state index contributed by atoms with van der Waals surface area (Å²) >= 11 is 1.49. The van der Waals surface area contributed by atoms with Gasteiger partial charge >= 0.3 is 6.03 Å². The van der Waals surface area contributed by atoms with Crippen LogP contribution in [0.2, 0.25) is 0 Å². The molecule has 254 valence electrons. The Morgan fingerprint density at radius 3 is 2.28 bits per heavy atom. The second-order valence-electron chi connectivity index (χ2n) is 12.8. The van der Waals surface area contributed by atoms with E-state index in [2.05, 4.69) is 4.98 Å². The van der Waals surface area contributed by atoms with Crippen LogP contribution in [0.1, 0.15) is 54.3 Å². The van der Waals surface area contributed by atoms with Gasteiger partial charge in [-0.2, -0.15) is 4.31 Å². The molecule has 1 aliphatic rings. The predicted octanol–water partition coefficient (Wildman–Crippen LogP) is 3.95. The van der Waals surface area contributed by atoms with Crippen LogP contribution >= 0.6 is 11.3 Å². The number of thiazole rings is 1. The van der Waals surface area contributed by atoms with Crippen LogP contribution in [0, 0.1) is 24.7 Å². The number of aldehydes is 1. The minimum absolute atomic E-state index is 0.0248. The molecule has 4 rings (SSSR count). The zero-order valence-corrected chi connectivity index (χ0v) is 29.2. The largest absolute Gasteiger partial charge is 0.391 e. The number of hydrogen-bond donors (Lipinski definition) is 2. The number of hydrogen-bond acceptors (Lipinski definition) is 8. The predicted molar refractivity (Wildman–Crippen MR) is 181 cm³/mol. The van der Waals surface area contributed by atoms with Crippen molar-refractivity contribution in [2.24, 2.45) is 23.5 Å². The summed E-state index contributed by atoms with van der Waals surface area (Å²) in [6.07, 6.45) is -0.619. The number of carbonyl (C=O) groups excluding carboxylic acids is 3. The molecular formula is C34H45N5O6S2. The van der Waals surface area contributed by atoms with E-state index < -0.39 is 45.4 Å². The number of aromatic nitrogens is 1. The maximum Gasteiger partial charge on any atom is 0.321 e. The summed E-state index contributed by atoms with van der Waals surface area (Å²) in [7, 11) is -4.13. The van der Waals surface area contributed by atoms with Crippen LogP contribution in [-0.2, 0) is 27.8 Å². The van der Waals surface area contributed by atoms with Crippen molar-refractivity contribution in [1.82, 2.24) is 19.1 Å². The van der Waals surface area contributed by atoms with Gasteiger partial charge in [0.05, 0.1) is 28.2 Å². The first-order chi connectivity index (χ1) is 22.2. The lowest BCUT2D eigenvalue weighted by Crippen LogP contribution is -2.69. The fraction of sp³-hybridized carbons (Fsp3) is 0.471. The van der Waals surface area contributed by atoms with E-state index >= 15 is 0 Å². The number of nitrogens with two attached hydrogens (primary N) is 1. The lowest BCUT2D eigenvalue weighted by Gasteiger charge is -2.49. The first-order valence-electron chi connectivity index (χ1n) is 15.8. The van der Waals surface area contributed by atoms with E-state index in [-0.39, 0.29) is 43.4 Å². The summed E-state index contributed by atoms with van der Waals surface area (Å²) < 4.78 is 29.2. The van der Waals surface area contributed by atoms with Crippen LogP contribution < -0.4 is 5.73 Å². The molecule has 0 saturated carbocycles. The molecule has 3 aromatic rings. The van der Waals surface area contributed by atoms with Crippen LogP contribution in [0.3, 0.4) is 0 Å². The second kappa shape index (κ2) is 15.1. The molecule has 3 amide bonds. The van der Waals surface area contributed by atoms with Gasteiger partial charge in [-0.1, -0.05) is 70.2 Å². The van der Waals surface area contributed by atoms with Crippen molar-refractivity contribution in [3.63, 3.8) is 0 Å². The number of sulfonamides is 1. The summed E-state index contributed by atoms with van der Waals surface area (Å²) in [6, 6.07) is 14.5. The Bertz CT molecular complexity index is 1640. The summed E-state index contributed by atoms with van der Waals surface area (Å²) in [5, 5.41) is 15.0. The van der Waals surface area contributed by atoms with E-state index in [4.69, 9.17) is 5.73 Å². The Morgan fingerprint density at radius 2 is 1.74 bits per heavy atom. The fourth-order valence-corrected chi connectivity index (χ4v) is 8.85. The van der Waals surface area contributed by atoms with E-state index in [0.717, 1.165) is 16.3 Å². The van der Waals surface area contributed by atoms with Crippen molar-refractivity contribution in [2.45, 2.75) is 64.1 Å². The lowest BCUT2D eigenvalue weighted by molar-refractivity contribution is -0.140. The number of carbonyl (C=O) groups is 3. The topological polar surface area (TPSA) is 154 Å². The van der Waals surface area contributed by atoms with Gasteiger partial charge in [-0.15, -0.1) is 11.3 Å². The molecule has 13 heteroatoms. The number of aryl methyl sites for hydroxylation is 1. The maximum absolute atomic E-state index is 14.1. The average molecular weight is 684 g/mol. The Balaban J connectivity index is 1.78. The third-order valence-electron chi connectivity index (χ3n) is 8.78. The Kier molecular flexibility index (Phi) is 11.6. The number of benzene rings is 2. The quantitative estimate of drug-likeness (QED) is 0.217. The van der Waals surface area contributed by atoms with Crippen LogP contribution in [-0.4, -0.2) is 88.7 Å². The van der Waals surface area contributed by atoms with Crippen molar-refractivity contribution in [2.75, 3.05) is 26.2 Å². The van der Waals surface area contributed by atoms with Gasteiger partial charge in [-0.3, -0.25) is 9.59 Å². The van der Waals surface area contributed by atoms with Crippen molar-refractivity contribution >= 4 is 39.6 Å². The van der Waals surface area contributed by atoms with E-state index in [1.807, 2.05) is 56.5 Å². The number of aliphatic hydroxyl groups excluding tert-OH is 1. The van der Waals surface area contributed by atoms with Crippen molar-refractivity contribution < 1.29 is 27.9 Å². The van der Waals surface area contributed by atoms with E-state index in [0.29, 0.717) is 18.4 Å². The average Bonchev–Trinajstić information content (AvgIpc) is 3.61. The molecule has 3 atom stereocenters. The van der Waals surface area contributed by atoms with E-state index in [1.54, 1.807) is 18.7 Å². The van der Waals surface area contributed by atoms with Gasteiger partial charge < -0.3 is 20.6 Å². The first-order valence-corrected chi connectivity index (χ1v) is 18.1. The molecule has 1 saturated heterocycles. The highest BCUT2D eigenvalue weighted by Crippen LogP contribution is 2.40. The molecule has 1 aromatic heterocycles. The number of urea groups is 1. The SMILES string of the molecule is Cc1nc(CN2CCN(C(C(N)=O)(C(C)C)[C@H](Cc3ccccc3)[C@@H](O)CN(CC(C)C)S(=O)(=O)c3ccc(C=O)cc3)C2=O)cs1. The summed E-state index contributed by atoms with van der Waals surface area (Å²) in [6.45, 7) is 9.75. The van der Waals surface area contributed by atoms with Gasteiger partial charge in [-0.25, -0.2) is 18.2 Å². The fourth-order valence-electron chi connectivity index (χ4n) is 6.62. The highest BCUT2D eigenvalue weighted by atomic mass is 32.2.